The Morgan fingerprint density at radius 3 is 2.50 bits per heavy atom. The molecular weight excluding hydrogens is 332 g/mol. The summed E-state index contributed by atoms with van der Waals surface area (Å²) >= 11 is 0. The van der Waals surface area contributed by atoms with E-state index in [1.165, 1.54) is 0 Å². The number of ether oxygens (including phenoxy) is 1. The van der Waals surface area contributed by atoms with Crippen molar-refractivity contribution in [3.05, 3.63) is 70.8 Å². The lowest BCUT2D eigenvalue weighted by Gasteiger charge is -2.33. The smallest absolute Gasteiger partial charge is 0.339 e. The molecule has 26 heavy (non-hydrogen) atoms. The van der Waals surface area contributed by atoms with Gasteiger partial charge in [0.15, 0.2) is 5.60 Å². The number of amides is 2. The van der Waals surface area contributed by atoms with Crippen molar-refractivity contribution in [3.63, 3.8) is 0 Å². The Labute approximate surface area is 151 Å². The van der Waals surface area contributed by atoms with E-state index in [2.05, 4.69) is 10.6 Å². The highest BCUT2D eigenvalue weighted by atomic mass is 16.6. The van der Waals surface area contributed by atoms with Crippen molar-refractivity contribution in [1.29, 1.82) is 0 Å². The van der Waals surface area contributed by atoms with Crippen molar-refractivity contribution in [2.75, 3.05) is 7.05 Å². The van der Waals surface area contributed by atoms with E-state index in [0.29, 0.717) is 17.5 Å². The standard InChI is InChI=1S/C20H20N2O4/c1-20(11-15-5-3-4-6-16(15)18(24)26-20)19(25)22-12-13-7-9-14(10-8-13)17(23)21-2/h3-10H,11-12H2,1-2H3,(H,21,23)(H,22,25). The Morgan fingerprint density at radius 1 is 1.12 bits per heavy atom. The quantitative estimate of drug-likeness (QED) is 0.823. The fourth-order valence-corrected chi connectivity index (χ4v) is 2.95. The second-order valence-corrected chi connectivity index (χ2v) is 6.41. The minimum Gasteiger partial charge on any atom is -0.445 e. The molecule has 2 amide bonds. The molecule has 1 aliphatic heterocycles. The number of benzene rings is 2. The predicted octanol–water partition coefficient (Wildman–Crippen LogP) is 1.83. The lowest BCUT2D eigenvalue weighted by Crippen LogP contribution is -2.51. The van der Waals surface area contributed by atoms with Crippen molar-refractivity contribution in [2.24, 2.45) is 0 Å². The summed E-state index contributed by atoms with van der Waals surface area (Å²) in [4.78, 5) is 36.3. The van der Waals surface area contributed by atoms with Gasteiger partial charge in [0.1, 0.15) is 0 Å². The Bertz CT molecular complexity index is 860. The van der Waals surface area contributed by atoms with Gasteiger partial charge in [-0.25, -0.2) is 4.79 Å². The summed E-state index contributed by atoms with van der Waals surface area (Å²) < 4.78 is 5.41. The SMILES string of the molecule is CNC(=O)c1ccc(CNC(=O)C2(C)Cc3ccccc3C(=O)O2)cc1. The van der Waals surface area contributed by atoms with Gasteiger partial charge < -0.3 is 15.4 Å². The lowest BCUT2D eigenvalue weighted by atomic mass is 9.89. The summed E-state index contributed by atoms with van der Waals surface area (Å²) in [5, 5.41) is 5.36. The van der Waals surface area contributed by atoms with E-state index >= 15 is 0 Å². The number of fused-ring (bicyclic) bond motifs is 1. The maximum Gasteiger partial charge on any atom is 0.339 e. The molecular formula is C20H20N2O4. The highest BCUT2D eigenvalue weighted by Crippen LogP contribution is 2.28. The van der Waals surface area contributed by atoms with Gasteiger partial charge in [0, 0.05) is 25.6 Å². The van der Waals surface area contributed by atoms with Crippen LogP contribution < -0.4 is 10.6 Å². The van der Waals surface area contributed by atoms with E-state index in [-0.39, 0.29) is 18.4 Å². The molecule has 1 unspecified atom stereocenters. The van der Waals surface area contributed by atoms with Gasteiger partial charge in [-0.05, 0) is 36.2 Å². The van der Waals surface area contributed by atoms with Crippen molar-refractivity contribution in [3.8, 4) is 0 Å². The Balaban J connectivity index is 1.67. The van der Waals surface area contributed by atoms with Crippen LogP contribution in [0.15, 0.2) is 48.5 Å². The van der Waals surface area contributed by atoms with Crippen molar-refractivity contribution in [1.82, 2.24) is 10.6 Å². The predicted molar refractivity (Wildman–Crippen MR) is 95.6 cm³/mol. The third kappa shape index (κ3) is 3.44. The van der Waals surface area contributed by atoms with Crippen LogP contribution in [0.3, 0.4) is 0 Å². The molecule has 0 aromatic heterocycles. The van der Waals surface area contributed by atoms with Crippen LogP contribution in [-0.2, 0) is 22.5 Å². The van der Waals surface area contributed by atoms with Gasteiger partial charge in [0.25, 0.3) is 11.8 Å². The van der Waals surface area contributed by atoms with E-state index in [4.69, 9.17) is 4.74 Å². The number of esters is 1. The first-order valence-electron chi connectivity index (χ1n) is 8.33. The third-order valence-corrected chi connectivity index (χ3v) is 4.46. The van der Waals surface area contributed by atoms with Crippen molar-refractivity contribution in [2.45, 2.75) is 25.5 Å². The van der Waals surface area contributed by atoms with Gasteiger partial charge in [-0.3, -0.25) is 9.59 Å². The molecule has 1 heterocycles. The molecule has 0 fully saturated rings. The second kappa shape index (κ2) is 7.00. The highest BCUT2D eigenvalue weighted by molar-refractivity contribution is 5.97. The number of hydrogen-bond donors (Lipinski definition) is 2. The van der Waals surface area contributed by atoms with Crippen LogP contribution in [-0.4, -0.2) is 30.4 Å². The molecule has 0 saturated heterocycles. The largest absolute Gasteiger partial charge is 0.445 e. The Hall–Kier alpha value is -3.15. The molecule has 3 rings (SSSR count). The van der Waals surface area contributed by atoms with Crippen molar-refractivity contribution < 1.29 is 19.1 Å². The molecule has 6 nitrogen and oxygen atoms in total. The summed E-state index contributed by atoms with van der Waals surface area (Å²) in [6, 6.07) is 14.1. The van der Waals surface area contributed by atoms with Gasteiger partial charge in [-0.2, -0.15) is 0 Å². The average molecular weight is 352 g/mol. The van der Waals surface area contributed by atoms with Gasteiger partial charge >= 0.3 is 5.97 Å². The second-order valence-electron chi connectivity index (χ2n) is 6.41. The monoisotopic (exact) mass is 352 g/mol. The molecule has 0 aliphatic carbocycles. The summed E-state index contributed by atoms with van der Waals surface area (Å²) in [5.41, 5.74) is 1.45. The average Bonchev–Trinajstić information content (AvgIpc) is 2.65. The molecule has 0 spiro atoms. The summed E-state index contributed by atoms with van der Waals surface area (Å²) in [6.07, 6.45) is 0.330. The Kier molecular flexibility index (Phi) is 4.75. The molecule has 1 aliphatic rings. The van der Waals surface area contributed by atoms with Crippen molar-refractivity contribution >= 4 is 17.8 Å². The van der Waals surface area contributed by atoms with Crippen LogP contribution in [0.1, 0.15) is 38.8 Å². The van der Waals surface area contributed by atoms with Crippen LogP contribution in [0, 0.1) is 0 Å². The number of carbonyl (C=O) groups is 3. The van der Waals surface area contributed by atoms with E-state index in [0.717, 1.165) is 11.1 Å². The molecule has 0 radical (unpaired) electrons. The van der Waals surface area contributed by atoms with Gasteiger partial charge in [0.2, 0.25) is 0 Å². The van der Waals surface area contributed by atoms with Crippen LogP contribution in [0.4, 0.5) is 0 Å². The van der Waals surface area contributed by atoms with E-state index in [1.54, 1.807) is 50.4 Å². The first kappa shape index (κ1) is 17.7. The zero-order valence-corrected chi connectivity index (χ0v) is 14.7. The fraction of sp³-hybridized carbons (Fsp3) is 0.250. The molecule has 0 saturated carbocycles. The number of carbonyl (C=O) groups excluding carboxylic acids is 3. The lowest BCUT2D eigenvalue weighted by molar-refractivity contribution is -0.139. The molecule has 2 aromatic carbocycles. The first-order chi connectivity index (χ1) is 12.4. The number of cyclic esters (lactones) is 1. The summed E-state index contributed by atoms with van der Waals surface area (Å²) in [5.74, 6) is -1.00. The maximum atomic E-state index is 12.6. The normalized spacial score (nSPS) is 18.5. The zero-order valence-electron chi connectivity index (χ0n) is 14.7. The molecule has 134 valence electrons. The summed E-state index contributed by atoms with van der Waals surface area (Å²) in [6.45, 7) is 1.90. The zero-order chi connectivity index (χ0) is 18.7. The van der Waals surface area contributed by atoms with Gasteiger partial charge in [-0.1, -0.05) is 30.3 Å². The minimum atomic E-state index is -1.24. The van der Waals surface area contributed by atoms with Crippen LogP contribution in [0.5, 0.6) is 0 Å². The van der Waals surface area contributed by atoms with E-state index in [1.807, 2.05) is 12.1 Å². The summed E-state index contributed by atoms with van der Waals surface area (Å²) in [7, 11) is 1.57. The third-order valence-electron chi connectivity index (χ3n) is 4.46. The van der Waals surface area contributed by atoms with Gasteiger partial charge in [0.05, 0.1) is 5.56 Å². The van der Waals surface area contributed by atoms with E-state index in [9.17, 15) is 14.4 Å². The first-order valence-corrected chi connectivity index (χ1v) is 8.33. The topological polar surface area (TPSA) is 84.5 Å². The molecule has 2 aromatic rings. The highest BCUT2D eigenvalue weighted by Gasteiger charge is 2.42. The molecule has 2 N–H and O–H groups in total. The van der Waals surface area contributed by atoms with E-state index < -0.39 is 11.6 Å². The number of hydrogen-bond acceptors (Lipinski definition) is 4. The molecule has 6 heteroatoms. The van der Waals surface area contributed by atoms with Gasteiger partial charge in [-0.15, -0.1) is 0 Å². The fourth-order valence-electron chi connectivity index (χ4n) is 2.95. The Morgan fingerprint density at radius 2 is 1.81 bits per heavy atom. The number of nitrogens with one attached hydrogen (secondary N) is 2. The van der Waals surface area contributed by atoms with Crippen LogP contribution in [0.2, 0.25) is 0 Å². The minimum absolute atomic E-state index is 0.166. The maximum absolute atomic E-state index is 12.6. The van der Waals surface area contributed by atoms with Crippen LogP contribution >= 0.6 is 0 Å². The number of rotatable bonds is 4. The van der Waals surface area contributed by atoms with Crippen LogP contribution in [0.25, 0.3) is 0 Å². The molecule has 0 bridgehead atoms. The molecule has 1 atom stereocenters.